The molecule has 5 heteroatoms. The molecule has 1 unspecified atom stereocenters. The fourth-order valence-electron chi connectivity index (χ4n) is 5.30. The van der Waals surface area contributed by atoms with Gasteiger partial charge in [0.15, 0.2) is 0 Å². The van der Waals surface area contributed by atoms with Crippen molar-refractivity contribution in [2.75, 3.05) is 67.0 Å². The van der Waals surface area contributed by atoms with Crippen LogP contribution in [0.4, 0.5) is 0 Å². The zero-order valence-corrected chi connectivity index (χ0v) is 28.0. The van der Waals surface area contributed by atoms with Crippen molar-refractivity contribution in [3.8, 4) is 0 Å². The van der Waals surface area contributed by atoms with Crippen LogP contribution in [0.1, 0.15) is 114 Å². The maximum absolute atomic E-state index is 12.3. The van der Waals surface area contributed by atoms with Gasteiger partial charge >= 0.3 is 5.97 Å². The Morgan fingerprint density at radius 3 is 1.89 bits per heavy atom. The molecule has 0 bridgehead atoms. The third-order valence-corrected chi connectivity index (χ3v) is 8.76. The van der Waals surface area contributed by atoms with Gasteiger partial charge in [-0.15, -0.1) is 0 Å². The van der Waals surface area contributed by atoms with E-state index < -0.39 is 0 Å². The summed E-state index contributed by atoms with van der Waals surface area (Å²) < 4.78 is 5.60. The van der Waals surface area contributed by atoms with E-state index in [2.05, 4.69) is 98.2 Å². The lowest BCUT2D eigenvalue weighted by Gasteiger charge is -2.46. The van der Waals surface area contributed by atoms with Crippen LogP contribution in [0.15, 0.2) is 0 Å². The van der Waals surface area contributed by atoms with Crippen LogP contribution in [0.2, 0.25) is 0 Å². The summed E-state index contributed by atoms with van der Waals surface area (Å²) in [6.07, 6.45) is 8.85. The quantitative estimate of drug-likeness (QED) is 0.0995. The minimum absolute atomic E-state index is 0.0449. The van der Waals surface area contributed by atoms with Crippen LogP contribution in [0, 0.1) is 28.6 Å². The van der Waals surface area contributed by atoms with Gasteiger partial charge in [0.1, 0.15) is 0 Å². The maximum atomic E-state index is 12.3. The SMILES string of the molecule is CCCCN(CCCCN(C)CCC(=O)OCCC(CCC(C)C)C(C)C)CC(C)(C)C(C)(C)CN(C)C. The third kappa shape index (κ3) is 17.1. The van der Waals surface area contributed by atoms with E-state index in [4.69, 9.17) is 4.74 Å². The van der Waals surface area contributed by atoms with Gasteiger partial charge in [-0.3, -0.25) is 4.79 Å². The first kappa shape index (κ1) is 37.4. The van der Waals surface area contributed by atoms with Gasteiger partial charge in [-0.2, -0.15) is 0 Å². The summed E-state index contributed by atoms with van der Waals surface area (Å²) in [7, 11) is 6.50. The summed E-state index contributed by atoms with van der Waals surface area (Å²) in [5, 5.41) is 0. The van der Waals surface area contributed by atoms with Crippen molar-refractivity contribution in [2.45, 2.75) is 114 Å². The number of ether oxygens (including phenoxy) is 1. The first-order chi connectivity index (χ1) is 17.6. The van der Waals surface area contributed by atoms with Crippen LogP contribution in [0.3, 0.4) is 0 Å². The summed E-state index contributed by atoms with van der Waals surface area (Å²) >= 11 is 0. The van der Waals surface area contributed by atoms with Crippen molar-refractivity contribution in [3.05, 3.63) is 0 Å². The Kier molecular flexibility index (Phi) is 19.1. The summed E-state index contributed by atoms with van der Waals surface area (Å²) in [5.74, 6) is 1.99. The average molecular weight is 540 g/mol. The molecular weight excluding hydrogens is 470 g/mol. The second kappa shape index (κ2) is 19.4. The van der Waals surface area contributed by atoms with Crippen LogP contribution in [0.5, 0.6) is 0 Å². The Hall–Kier alpha value is -0.650. The monoisotopic (exact) mass is 540 g/mol. The largest absolute Gasteiger partial charge is 0.466 e. The highest BCUT2D eigenvalue weighted by molar-refractivity contribution is 5.69. The Morgan fingerprint density at radius 1 is 0.763 bits per heavy atom. The van der Waals surface area contributed by atoms with Crippen LogP contribution in [0.25, 0.3) is 0 Å². The molecule has 0 aromatic rings. The summed E-state index contributed by atoms with van der Waals surface area (Å²) in [5.41, 5.74) is 0.491. The molecule has 5 nitrogen and oxygen atoms in total. The molecule has 228 valence electrons. The van der Waals surface area contributed by atoms with Gasteiger partial charge in [0.2, 0.25) is 0 Å². The van der Waals surface area contributed by atoms with Crippen molar-refractivity contribution in [3.63, 3.8) is 0 Å². The second-order valence-corrected chi connectivity index (χ2v) is 14.4. The first-order valence-corrected chi connectivity index (χ1v) is 15.8. The standard InChI is InChI=1S/C33H69N3O2/c1-13-14-22-36(27-33(8,9)32(6,7)26-34(10)11)23-16-15-21-35(12)24-19-31(37)38-25-20-30(29(4)5)18-17-28(2)3/h28-30H,13-27H2,1-12H3. The van der Waals surface area contributed by atoms with Crippen LogP contribution in [-0.4, -0.2) is 87.7 Å². The molecule has 0 saturated heterocycles. The molecule has 0 aliphatic rings. The molecular formula is C33H69N3O2. The van der Waals surface area contributed by atoms with E-state index >= 15 is 0 Å². The van der Waals surface area contributed by atoms with Crippen molar-refractivity contribution in [1.29, 1.82) is 0 Å². The van der Waals surface area contributed by atoms with Crippen LogP contribution in [-0.2, 0) is 9.53 Å². The number of carbonyl (C=O) groups excluding carboxylic acids is 1. The zero-order valence-electron chi connectivity index (χ0n) is 28.0. The van der Waals surface area contributed by atoms with Gasteiger partial charge in [0, 0.05) is 19.6 Å². The van der Waals surface area contributed by atoms with E-state index in [0.717, 1.165) is 45.1 Å². The molecule has 0 aliphatic carbocycles. The van der Waals surface area contributed by atoms with Gasteiger partial charge in [-0.05, 0) is 101 Å². The van der Waals surface area contributed by atoms with E-state index in [1.165, 1.54) is 45.1 Å². The Labute approximate surface area is 239 Å². The van der Waals surface area contributed by atoms with Gasteiger partial charge in [0.05, 0.1) is 13.0 Å². The predicted molar refractivity (Wildman–Crippen MR) is 167 cm³/mol. The first-order valence-electron chi connectivity index (χ1n) is 15.8. The van der Waals surface area contributed by atoms with E-state index in [1.54, 1.807) is 0 Å². The van der Waals surface area contributed by atoms with E-state index in [1.807, 2.05) is 0 Å². The predicted octanol–water partition coefficient (Wildman–Crippen LogP) is 7.45. The Bertz CT molecular complexity index is 601. The molecule has 0 spiro atoms. The molecule has 0 rings (SSSR count). The highest BCUT2D eigenvalue weighted by Gasteiger charge is 2.38. The summed E-state index contributed by atoms with van der Waals surface area (Å²) in [6, 6.07) is 0. The van der Waals surface area contributed by atoms with Gasteiger partial charge in [0.25, 0.3) is 0 Å². The van der Waals surface area contributed by atoms with Crippen molar-refractivity contribution >= 4 is 5.97 Å². The number of nitrogens with zero attached hydrogens (tertiary/aromatic N) is 3. The lowest BCUT2D eigenvalue weighted by atomic mass is 9.67. The van der Waals surface area contributed by atoms with Gasteiger partial charge < -0.3 is 19.4 Å². The van der Waals surface area contributed by atoms with E-state index in [9.17, 15) is 4.79 Å². The smallest absolute Gasteiger partial charge is 0.307 e. The molecule has 0 aromatic heterocycles. The normalized spacial score (nSPS) is 13.9. The minimum atomic E-state index is -0.0449. The minimum Gasteiger partial charge on any atom is -0.466 e. The molecule has 0 N–H and O–H groups in total. The maximum Gasteiger partial charge on any atom is 0.307 e. The van der Waals surface area contributed by atoms with E-state index in [0.29, 0.717) is 24.9 Å². The number of hydrogen-bond acceptors (Lipinski definition) is 5. The van der Waals surface area contributed by atoms with Crippen molar-refractivity contribution in [2.24, 2.45) is 28.6 Å². The third-order valence-electron chi connectivity index (χ3n) is 8.76. The Morgan fingerprint density at radius 2 is 1.34 bits per heavy atom. The van der Waals surface area contributed by atoms with Crippen LogP contribution < -0.4 is 0 Å². The summed E-state index contributed by atoms with van der Waals surface area (Å²) in [4.78, 5) is 19.6. The van der Waals surface area contributed by atoms with E-state index in [-0.39, 0.29) is 16.8 Å². The zero-order chi connectivity index (χ0) is 29.4. The highest BCUT2D eigenvalue weighted by atomic mass is 16.5. The molecule has 0 aliphatic heterocycles. The second-order valence-electron chi connectivity index (χ2n) is 14.4. The molecule has 0 saturated carbocycles. The van der Waals surface area contributed by atoms with Crippen molar-refractivity contribution in [1.82, 2.24) is 14.7 Å². The molecule has 0 amide bonds. The van der Waals surface area contributed by atoms with Gasteiger partial charge in [-0.25, -0.2) is 0 Å². The number of unbranched alkanes of at least 4 members (excludes halogenated alkanes) is 2. The van der Waals surface area contributed by atoms with Crippen molar-refractivity contribution < 1.29 is 9.53 Å². The fraction of sp³-hybridized carbons (Fsp3) is 0.970. The molecule has 0 aromatic carbocycles. The number of carbonyl (C=O) groups is 1. The summed E-state index contributed by atoms with van der Waals surface area (Å²) in [6.45, 7) is 28.1. The number of hydrogen-bond donors (Lipinski definition) is 0. The highest BCUT2D eigenvalue weighted by Crippen LogP contribution is 2.39. The molecule has 1 atom stereocenters. The molecule has 0 fully saturated rings. The lowest BCUT2D eigenvalue weighted by molar-refractivity contribution is -0.144. The Balaban J connectivity index is 4.40. The average Bonchev–Trinajstić information content (AvgIpc) is 2.79. The number of rotatable bonds is 23. The van der Waals surface area contributed by atoms with Gasteiger partial charge in [-0.1, -0.05) is 75.2 Å². The molecule has 38 heavy (non-hydrogen) atoms. The van der Waals surface area contributed by atoms with Crippen LogP contribution >= 0.6 is 0 Å². The molecule has 0 heterocycles. The number of esters is 1. The lowest BCUT2D eigenvalue weighted by Crippen LogP contribution is -2.48. The fourth-order valence-corrected chi connectivity index (χ4v) is 5.30. The topological polar surface area (TPSA) is 36.0 Å². The molecule has 0 radical (unpaired) electrons.